The molecule has 0 heterocycles. The van der Waals surface area contributed by atoms with E-state index in [1.165, 1.54) is 0 Å². The summed E-state index contributed by atoms with van der Waals surface area (Å²) >= 11 is 0. The molecule has 0 radical (unpaired) electrons. The van der Waals surface area contributed by atoms with Gasteiger partial charge < -0.3 is 20.1 Å². The molecule has 0 atom stereocenters. The first-order chi connectivity index (χ1) is 8.51. The van der Waals surface area contributed by atoms with Gasteiger partial charge in [-0.2, -0.15) is 0 Å². The zero-order valence-electron chi connectivity index (χ0n) is 10.3. The molecule has 8 nitrogen and oxygen atoms in total. The maximum atomic E-state index is 11.1. The molecule has 0 unspecified atom stereocenters. The third kappa shape index (κ3) is 7.20. The molecule has 0 saturated carbocycles. The van der Waals surface area contributed by atoms with E-state index in [0.717, 1.165) is 0 Å². The topological polar surface area (TPSA) is 111 Å². The first-order valence-electron chi connectivity index (χ1n) is 5.38. The van der Waals surface area contributed by atoms with Crippen LogP contribution in [0.2, 0.25) is 0 Å². The van der Waals surface area contributed by atoms with Gasteiger partial charge in [0.2, 0.25) is 0 Å². The molecule has 0 rings (SSSR count). The van der Waals surface area contributed by atoms with Crippen molar-refractivity contribution in [2.24, 2.45) is 0 Å². The lowest BCUT2D eigenvalue weighted by atomic mass is 10.5. The third-order valence-corrected chi connectivity index (χ3v) is 1.60. The highest BCUT2D eigenvalue weighted by molar-refractivity contribution is 6.35. The molecule has 2 N–H and O–H groups in total. The molecule has 102 valence electrons. The van der Waals surface area contributed by atoms with Gasteiger partial charge in [0.15, 0.2) is 0 Å². The lowest BCUT2D eigenvalue weighted by Crippen LogP contribution is -2.43. The Labute approximate surface area is 104 Å². The zero-order valence-corrected chi connectivity index (χ0v) is 10.3. The average molecular weight is 260 g/mol. The maximum Gasteiger partial charge on any atom is 0.325 e. The zero-order chi connectivity index (χ0) is 14.0. The Hall–Kier alpha value is -2.12. The predicted molar refractivity (Wildman–Crippen MR) is 59.3 cm³/mol. The molecule has 0 aromatic heterocycles. The molecule has 0 aromatic carbocycles. The van der Waals surface area contributed by atoms with Crippen LogP contribution in [-0.4, -0.2) is 50.1 Å². The van der Waals surface area contributed by atoms with E-state index in [2.05, 4.69) is 9.47 Å². The van der Waals surface area contributed by atoms with Crippen LogP contribution in [-0.2, 0) is 28.7 Å². The first-order valence-corrected chi connectivity index (χ1v) is 5.38. The third-order valence-electron chi connectivity index (χ3n) is 1.60. The maximum absolute atomic E-state index is 11.1. The van der Waals surface area contributed by atoms with Crippen molar-refractivity contribution in [3.8, 4) is 0 Å². The van der Waals surface area contributed by atoms with Gasteiger partial charge in [-0.25, -0.2) is 0 Å². The standard InChI is InChI=1S/C10H16N2O6/c1-3-17-7(13)5-11-9(15)10(16)12-6-8(14)18-4-2/h3-6H2,1-2H3,(H,11,15)(H,12,16). The summed E-state index contributed by atoms with van der Waals surface area (Å²) in [4.78, 5) is 44.0. The molecule has 0 bridgehead atoms. The van der Waals surface area contributed by atoms with Gasteiger partial charge in [-0.3, -0.25) is 19.2 Å². The second-order valence-corrected chi connectivity index (χ2v) is 2.98. The van der Waals surface area contributed by atoms with Gasteiger partial charge >= 0.3 is 23.8 Å². The van der Waals surface area contributed by atoms with E-state index in [-0.39, 0.29) is 13.2 Å². The summed E-state index contributed by atoms with van der Waals surface area (Å²) in [5.41, 5.74) is 0. The Balaban J connectivity index is 3.86. The molecule has 2 amide bonds. The van der Waals surface area contributed by atoms with E-state index in [0.29, 0.717) is 0 Å². The minimum absolute atomic E-state index is 0.184. The van der Waals surface area contributed by atoms with E-state index < -0.39 is 36.8 Å². The van der Waals surface area contributed by atoms with Crippen molar-refractivity contribution in [2.45, 2.75) is 13.8 Å². The van der Waals surface area contributed by atoms with Gasteiger partial charge in [-0.15, -0.1) is 0 Å². The number of esters is 2. The van der Waals surface area contributed by atoms with Gasteiger partial charge in [0, 0.05) is 0 Å². The van der Waals surface area contributed by atoms with Crippen molar-refractivity contribution in [1.82, 2.24) is 10.6 Å². The van der Waals surface area contributed by atoms with Crippen LogP contribution < -0.4 is 10.6 Å². The number of carbonyl (C=O) groups excluding carboxylic acids is 4. The van der Waals surface area contributed by atoms with Crippen molar-refractivity contribution in [3.63, 3.8) is 0 Å². The molecule has 0 aliphatic rings. The Morgan fingerprint density at radius 1 is 0.778 bits per heavy atom. The number of carbonyl (C=O) groups is 4. The number of nitrogens with one attached hydrogen (secondary N) is 2. The minimum atomic E-state index is -1.02. The highest BCUT2D eigenvalue weighted by Gasteiger charge is 2.15. The van der Waals surface area contributed by atoms with Crippen molar-refractivity contribution in [3.05, 3.63) is 0 Å². The van der Waals surface area contributed by atoms with Gasteiger partial charge in [0.05, 0.1) is 13.2 Å². The van der Waals surface area contributed by atoms with Crippen LogP contribution in [0, 0.1) is 0 Å². The van der Waals surface area contributed by atoms with Gasteiger partial charge in [0.25, 0.3) is 0 Å². The van der Waals surface area contributed by atoms with Crippen LogP contribution >= 0.6 is 0 Å². The van der Waals surface area contributed by atoms with E-state index >= 15 is 0 Å². The fourth-order valence-corrected chi connectivity index (χ4v) is 0.889. The SMILES string of the molecule is CCOC(=O)CNC(=O)C(=O)NCC(=O)OCC. The second-order valence-electron chi connectivity index (χ2n) is 2.98. The van der Waals surface area contributed by atoms with E-state index in [1.807, 2.05) is 10.6 Å². The van der Waals surface area contributed by atoms with Crippen LogP contribution in [0.3, 0.4) is 0 Å². The number of hydrogen-bond donors (Lipinski definition) is 2. The lowest BCUT2D eigenvalue weighted by molar-refractivity contribution is -0.147. The second kappa shape index (κ2) is 8.97. The summed E-state index contributed by atoms with van der Waals surface area (Å²) in [5, 5.41) is 4.09. The molecular weight excluding hydrogens is 244 g/mol. The quantitative estimate of drug-likeness (QED) is 0.437. The van der Waals surface area contributed by atoms with Crippen molar-refractivity contribution < 1.29 is 28.7 Å². The molecule has 0 aromatic rings. The monoisotopic (exact) mass is 260 g/mol. The molecule has 18 heavy (non-hydrogen) atoms. The number of amides is 2. The van der Waals surface area contributed by atoms with Crippen molar-refractivity contribution in [1.29, 1.82) is 0 Å². The number of ether oxygens (including phenoxy) is 2. The van der Waals surface area contributed by atoms with Crippen LogP contribution in [0.15, 0.2) is 0 Å². The van der Waals surface area contributed by atoms with Crippen LogP contribution in [0.5, 0.6) is 0 Å². The lowest BCUT2D eigenvalue weighted by Gasteiger charge is -2.05. The summed E-state index contributed by atoms with van der Waals surface area (Å²) in [6.45, 7) is 2.80. The summed E-state index contributed by atoms with van der Waals surface area (Å²) in [5.74, 6) is -3.34. The van der Waals surface area contributed by atoms with Crippen molar-refractivity contribution >= 4 is 23.8 Å². The van der Waals surface area contributed by atoms with Crippen LogP contribution in [0.4, 0.5) is 0 Å². The fourth-order valence-electron chi connectivity index (χ4n) is 0.889. The Morgan fingerprint density at radius 2 is 1.11 bits per heavy atom. The van der Waals surface area contributed by atoms with E-state index in [9.17, 15) is 19.2 Å². The van der Waals surface area contributed by atoms with Crippen molar-refractivity contribution in [2.75, 3.05) is 26.3 Å². The molecular formula is C10H16N2O6. The molecule has 0 aliphatic carbocycles. The smallest absolute Gasteiger partial charge is 0.325 e. The highest BCUT2D eigenvalue weighted by atomic mass is 16.5. The largest absolute Gasteiger partial charge is 0.465 e. The summed E-state index contributed by atoms with van der Waals surface area (Å²) in [6.07, 6.45) is 0. The van der Waals surface area contributed by atoms with E-state index in [1.54, 1.807) is 13.8 Å². The fraction of sp³-hybridized carbons (Fsp3) is 0.600. The van der Waals surface area contributed by atoms with E-state index in [4.69, 9.17) is 0 Å². The molecule has 8 heteroatoms. The molecule has 0 saturated heterocycles. The Morgan fingerprint density at radius 3 is 1.39 bits per heavy atom. The molecule has 0 aliphatic heterocycles. The predicted octanol–water partition coefficient (Wildman–Crippen LogP) is -1.65. The van der Waals surface area contributed by atoms with Gasteiger partial charge in [-0.1, -0.05) is 0 Å². The number of hydrogen-bond acceptors (Lipinski definition) is 6. The summed E-state index contributed by atoms with van der Waals surface area (Å²) in [7, 11) is 0. The average Bonchev–Trinajstić information content (AvgIpc) is 2.33. The normalized spacial score (nSPS) is 9.22. The van der Waals surface area contributed by atoms with Crippen LogP contribution in [0.25, 0.3) is 0 Å². The minimum Gasteiger partial charge on any atom is -0.465 e. The van der Waals surface area contributed by atoms with Gasteiger partial charge in [-0.05, 0) is 13.8 Å². The first kappa shape index (κ1) is 15.9. The summed E-state index contributed by atoms with van der Waals surface area (Å²) < 4.78 is 9.09. The molecule has 0 spiro atoms. The van der Waals surface area contributed by atoms with Crippen LogP contribution in [0.1, 0.15) is 13.8 Å². The summed E-state index contributed by atoms with van der Waals surface area (Å²) in [6, 6.07) is 0. The Kier molecular flexibility index (Phi) is 7.91. The number of rotatable bonds is 6. The molecule has 0 fully saturated rings. The highest BCUT2D eigenvalue weighted by Crippen LogP contribution is 1.78. The Bertz CT molecular complexity index is 296. The van der Waals surface area contributed by atoms with Gasteiger partial charge in [0.1, 0.15) is 13.1 Å².